The molecule has 13 nitrogen and oxygen atoms in total. The van der Waals surface area contributed by atoms with Crippen LogP contribution in [0.15, 0.2) is 64.7 Å². The van der Waals surface area contributed by atoms with Crippen molar-refractivity contribution in [3.8, 4) is 5.75 Å². The third-order valence-electron chi connectivity index (χ3n) is 8.01. The van der Waals surface area contributed by atoms with Crippen molar-refractivity contribution in [3.05, 3.63) is 77.6 Å². The molecule has 1 fully saturated rings. The van der Waals surface area contributed by atoms with Crippen LogP contribution in [0.3, 0.4) is 0 Å². The van der Waals surface area contributed by atoms with Gasteiger partial charge >= 0.3 is 0 Å². The van der Waals surface area contributed by atoms with Gasteiger partial charge in [-0.3, -0.25) is 29.7 Å². The number of anilines is 1. The molecule has 0 unspecified atom stereocenters. The van der Waals surface area contributed by atoms with Gasteiger partial charge in [0.05, 0.1) is 13.3 Å². The molecule has 4 aromatic rings. The molecule has 0 saturated carbocycles. The van der Waals surface area contributed by atoms with Crippen molar-refractivity contribution in [2.75, 3.05) is 38.2 Å². The molecule has 1 aliphatic heterocycles. The number of rotatable bonds is 11. The van der Waals surface area contributed by atoms with Gasteiger partial charge in [-0.05, 0) is 49.9 Å². The lowest BCUT2D eigenvalue weighted by Crippen LogP contribution is -2.49. The summed E-state index contributed by atoms with van der Waals surface area (Å²) in [7, 11) is 1.53. The summed E-state index contributed by atoms with van der Waals surface area (Å²) in [5.74, 6) is 1.54. The Morgan fingerprint density at radius 3 is 2.64 bits per heavy atom. The highest BCUT2D eigenvalue weighted by atomic mass is 16.5. The fourth-order valence-corrected chi connectivity index (χ4v) is 5.45. The molecule has 5 rings (SSSR count). The van der Waals surface area contributed by atoms with Crippen molar-refractivity contribution in [1.29, 1.82) is 0 Å². The third kappa shape index (κ3) is 6.21. The van der Waals surface area contributed by atoms with Gasteiger partial charge in [0.15, 0.2) is 11.4 Å². The van der Waals surface area contributed by atoms with Gasteiger partial charge in [0, 0.05) is 62.0 Å². The Hall–Kier alpha value is -5.33. The Labute approximate surface area is 253 Å². The molecule has 0 bridgehead atoms. The molecule has 0 spiro atoms. The Morgan fingerprint density at radius 2 is 1.95 bits per heavy atom. The minimum absolute atomic E-state index is 0.323. The van der Waals surface area contributed by atoms with Crippen LogP contribution in [-0.2, 0) is 21.4 Å². The Kier molecular flexibility index (Phi) is 9.12. The van der Waals surface area contributed by atoms with E-state index in [9.17, 15) is 19.6 Å². The summed E-state index contributed by atoms with van der Waals surface area (Å²) < 4.78 is 11.4. The van der Waals surface area contributed by atoms with Crippen molar-refractivity contribution in [1.82, 2.24) is 25.2 Å². The van der Waals surface area contributed by atoms with Crippen LogP contribution in [-0.4, -0.2) is 82.8 Å². The predicted molar refractivity (Wildman–Crippen MR) is 161 cm³/mol. The van der Waals surface area contributed by atoms with Crippen LogP contribution in [0, 0.1) is 0 Å². The number of methoxy groups -OCH3 is 1. The minimum Gasteiger partial charge on any atom is -0.497 e. The van der Waals surface area contributed by atoms with E-state index in [0.717, 1.165) is 17.7 Å². The lowest BCUT2D eigenvalue weighted by Gasteiger charge is -2.36. The third-order valence-corrected chi connectivity index (χ3v) is 8.01. The summed E-state index contributed by atoms with van der Waals surface area (Å²) in [6.45, 7) is 4.19. The number of benzene rings is 1. The molecule has 0 aliphatic carbocycles. The van der Waals surface area contributed by atoms with E-state index in [-0.39, 0.29) is 0 Å². The van der Waals surface area contributed by atoms with Crippen molar-refractivity contribution in [3.63, 3.8) is 0 Å². The van der Waals surface area contributed by atoms with E-state index in [0.29, 0.717) is 91.4 Å². The van der Waals surface area contributed by atoms with E-state index < -0.39 is 11.3 Å². The molecule has 4 heterocycles. The zero-order chi connectivity index (χ0) is 31.1. The first-order valence-electron chi connectivity index (χ1n) is 14.1. The Bertz CT molecular complexity index is 1670. The summed E-state index contributed by atoms with van der Waals surface area (Å²) in [4.78, 5) is 53.1. The molecular weight excluding hydrogens is 566 g/mol. The van der Waals surface area contributed by atoms with Crippen LogP contribution in [0.5, 0.6) is 5.75 Å². The van der Waals surface area contributed by atoms with E-state index in [1.54, 1.807) is 56.0 Å². The highest BCUT2D eigenvalue weighted by Gasteiger charge is 2.38. The summed E-state index contributed by atoms with van der Waals surface area (Å²) >= 11 is 0. The lowest BCUT2D eigenvalue weighted by atomic mass is 9.80. The van der Waals surface area contributed by atoms with Gasteiger partial charge in [-0.25, -0.2) is 4.98 Å². The summed E-state index contributed by atoms with van der Waals surface area (Å²) in [5, 5.41) is 15.8. The number of carbonyl (C=O) groups is 3. The number of imide groups is 1. The Morgan fingerprint density at radius 1 is 1.14 bits per heavy atom. The van der Waals surface area contributed by atoms with Crippen LogP contribution in [0.25, 0.3) is 11.1 Å². The number of amides is 2. The first-order valence-corrected chi connectivity index (χ1v) is 14.1. The van der Waals surface area contributed by atoms with Crippen molar-refractivity contribution >= 4 is 41.4 Å². The number of hydrogen-bond acceptors (Lipinski definition) is 11. The Balaban J connectivity index is 1.34. The highest BCUT2D eigenvalue weighted by molar-refractivity contribution is 6.00. The normalized spacial score (nSPS) is 15.1. The fraction of sp³-hybridized carbons (Fsp3) is 0.323. The van der Waals surface area contributed by atoms with Gasteiger partial charge in [-0.1, -0.05) is 11.2 Å². The molecule has 44 heavy (non-hydrogen) atoms. The second kappa shape index (κ2) is 13.3. The van der Waals surface area contributed by atoms with Crippen LogP contribution in [0.1, 0.15) is 47.0 Å². The number of carbonyl (C=O) groups excluding carboxylic acids is 3. The standard InChI is InChI=1S/C31H33N7O6/c1-31(30(41)35-20-40,7-3-4-21-5-6-24(43-2)14-23(21)19-39)27-16-25-26(44-27)15-22(17-34-25)29(36-42)38-12-10-37(11-13-38)28-18-32-8-9-33-28/h5-6,8-9,14-20,42H,3-4,7,10-13H2,1-2H3,(H,35,40,41)/b36-29+/t31-/m1/s1. The van der Waals surface area contributed by atoms with E-state index in [4.69, 9.17) is 9.15 Å². The zero-order valence-electron chi connectivity index (χ0n) is 24.5. The minimum atomic E-state index is -1.21. The number of aldehydes is 1. The van der Waals surface area contributed by atoms with Gasteiger partial charge in [0.25, 0.3) is 0 Å². The SMILES string of the molecule is COc1ccc(CCC[C@@](C)(C(=O)NC=O)c2cc3ncc(/C(=N\O)N4CCN(c5cnccn5)CC4)cc3o2)c(C=O)c1. The second-order valence-electron chi connectivity index (χ2n) is 10.6. The molecule has 1 aromatic carbocycles. The number of oxime groups is 1. The first-order chi connectivity index (χ1) is 21.4. The molecule has 1 saturated heterocycles. The molecule has 1 atom stereocenters. The van der Waals surface area contributed by atoms with Crippen LogP contribution in [0.4, 0.5) is 5.82 Å². The number of nitrogens with one attached hydrogen (secondary N) is 1. The maximum Gasteiger partial charge on any atom is 0.239 e. The number of fused-ring (bicyclic) bond motifs is 1. The fourth-order valence-electron chi connectivity index (χ4n) is 5.45. The number of aryl methyl sites for hydroxylation is 1. The van der Waals surface area contributed by atoms with E-state index in [1.807, 2.05) is 11.0 Å². The van der Waals surface area contributed by atoms with Crippen LogP contribution >= 0.6 is 0 Å². The van der Waals surface area contributed by atoms with E-state index >= 15 is 0 Å². The van der Waals surface area contributed by atoms with E-state index in [2.05, 4.69) is 30.3 Å². The van der Waals surface area contributed by atoms with Gasteiger partial charge in [0.2, 0.25) is 12.3 Å². The maximum atomic E-state index is 13.2. The molecular formula is C31H33N7O6. The molecule has 1 aliphatic rings. The molecule has 0 radical (unpaired) electrons. The molecule has 228 valence electrons. The number of nitrogens with zero attached hydrogens (tertiary/aromatic N) is 6. The predicted octanol–water partition coefficient (Wildman–Crippen LogP) is 2.95. The summed E-state index contributed by atoms with van der Waals surface area (Å²) in [6, 6.07) is 8.69. The number of hydrogen-bond donors (Lipinski definition) is 2. The van der Waals surface area contributed by atoms with E-state index in [1.165, 1.54) is 7.11 Å². The average molecular weight is 600 g/mol. The van der Waals surface area contributed by atoms with Crippen LogP contribution in [0.2, 0.25) is 0 Å². The van der Waals surface area contributed by atoms with Gasteiger partial charge in [-0.2, -0.15) is 0 Å². The number of aromatic nitrogens is 3. The molecule has 2 N–H and O–H groups in total. The average Bonchev–Trinajstić information content (AvgIpc) is 3.50. The molecule has 3 aromatic heterocycles. The highest BCUT2D eigenvalue weighted by Crippen LogP contribution is 2.34. The number of ether oxygens (including phenoxy) is 1. The largest absolute Gasteiger partial charge is 0.497 e. The quantitative estimate of drug-likeness (QED) is 0.0856. The van der Waals surface area contributed by atoms with Crippen molar-refractivity contribution < 1.29 is 28.7 Å². The van der Waals surface area contributed by atoms with Crippen molar-refractivity contribution in [2.45, 2.75) is 31.6 Å². The number of furan rings is 1. The number of piperazine rings is 1. The topological polar surface area (TPSA) is 163 Å². The van der Waals surface area contributed by atoms with Gasteiger partial charge in [0.1, 0.15) is 34.5 Å². The second-order valence-corrected chi connectivity index (χ2v) is 10.6. The number of pyridine rings is 1. The lowest BCUT2D eigenvalue weighted by molar-refractivity contribution is -0.130. The number of amidine groups is 1. The first kappa shape index (κ1) is 30.1. The monoisotopic (exact) mass is 599 g/mol. The summed E-state index contributed by atoms with van der Waals surface area (Å²) in [6.07, 6.45) is 9.08. The molecule has 13 heteroatoms. The maximum absolute atomic E-state index is 13.2. The van der Waals surface area contributed by atoms with Crippen LogP contribution < -0.4 is 15.0 Å². The van der Waals surface area contributed by atoms with Crippen molar-refractivity contribution in [2.24, 2.45) is 5.16 Å². The zero-order valence-corrected chi connectivity index (χ0v) is 24.5. The smallest absolute Gasteiger partial charge is 0.239 e. The summed E-state index contributed by atoms with van der Waals surface area (Å²) in [5.41, 5.74) is 1.59. The van der Waals surface area contributed by atoms with Gasteiger partial charge in [-0.15, -0.1) is 0 Å². The van der Waals surface area contributed by atoms with Gasteiger partial charge < -0.3 is 24.2 Å². The molecule has 2 amide bonds.